The molecule has 0 radical (unpaired) electrons. The summed E-state index contributed by atoms with van der Waals surface area (Å²) in [6.45, 7) is 0. The van der Waals surface area contributed by atoms with Gasteiger partial charge in [-0.05, 0) is 24.1 Å². The topological polar surface area (TPSA) is 9.23 Å². The van der Waals surface area contributed by atoms with Crippen molar-refractivity contribution in [2.24, 2.45) is 0 Å². The number of allylic oxidation sites excluding steroid dienone is 1. The highest BCUT2D eigenvalue weighted by Crippen LogP contribution is 2.37. The minimum absolute atomic E-state index is 0.542. The molecule has 0 fully saturated rings. The van der Waals surface area contributed by atoms with E-state index in [1.54, 1.807) is 6.08 Å². The molecular weight excluding hydrogens is 335 g/mol. The molecule has 1 nitrogen and oxygen atoms in total. The maximum absolute atomic E-state index is 12.6. The predicted octanol–water partition coefficient (Wildman–Crippen LogP) is 5.02. The lowest BCUT2D eigenvalue weighted by Crippen LogP contribution is -2.41. The van der Waals surface area contributed by atoms with Crippen LogP contribution in [-0.4, -0.2) is 17.6 Å². The zero-order valence-corrected chi connectivity index (χ0v) is 11.1. The number of hydrogen-bond acceptors (Lipinski definition) is 1. The second-order valence-corrected chi connectivity index (χ2v) is 4.36. The van der Waals surface area contributed by atoms with Crippen molar-refractivity contribution in [1.82, 2.24) is 0 Å². The molecule has 0 unspecified atom stereocenters. The zero-order chi connectivity index (χ0) is 14.5. The van der Waals surface area contributed by atoms with Crippen LogP contribution in [0.4, 0.5) is 22.0 Å². The van der Waals surface area contributed by atoms with Crippen molar-refractivity contribution in [3.63, 3.8) is 0 Å². The maximum Gasteiger partial charge on any atom is 0.499 e. The molecule has 1 aromatic carbocycles. The van der Waals surface area contributed by atoms with Gasteiger partial charge in [0.1, 0.15) is 5.75 Å². The first-order valence-electron chi connectivity index (χ1n) is 5.22. The fraction of sp³-hybridized carbons (Fsp3) is 0.333. The summed E-state index contributed by atoms with van der Waals surface area (Å²) in [5.74, 6) is -0.542. The molecule has 0 saturated carbocycles. The highest BCUT2D eigenvalue weighted by Gasteiger charge is 2.61. The van der Waals surface area contributed by atoms with E-state index in [0.717, 1.165) is 23.9 Å². The van der Waals surface area contributed by atoms with E-state index in [1.807, 2.05) is 6.08 Å². The summed E-state index contributed by atoms with van der Waals surface area (Å²) in [5.41, 5.74) is 0.684. The van der Waals surface area contributed by atoms with Crippen LogP contribution in [-0.2, 0) is 0 Å². The molecule has 0 aliphatic heterocycles. The van der Waals surface area contributed by atoms with E-state index in [2.05, 4.69) is 20.7 Å². The molecule has 0 aromatic heterocycles. The smallest absolute Gasteiger partial charge is 0.426 e. The number of benzene rings is 1. The molecule has 0 bridgehead atoms. The quantitative estimate of drug-likeness (QED) is 0.538. The lowest BCUT2D eigenvalue weighted by atomic mass is 10.2. The van der Waals surface area contributed by atoms with E-state index < -0.39 is 18.0 Å². The molecule has 0 aliphatic rings. The Hall–Kier alpha value is -1.11. The molecule has 1 rings (SSSR count). The number of hydrogen-bond donors (Lipinski definition) is 0. The summed E-state index contributed by atoms with van der Waals surface area (Å²) in [6, 6.07) is 4.92. The molecule has 1 aromatic rings. The molecule has 0 N–H and O–H groups in total. The Morgan fingerprint density at radius 2 is 1.63 bits per heavy atom. The van der Waals surface area contributed by atoms with Crippen LogP contribution in [0.1, 0.15) is 12.0 Å². The van der Waals surface area contributed by atoms with Crippen LogP contribution in [0.2, 0.25) is 0 Å². The Labute approximate surface area is 115 Å². The Morgan fingerprint density at radius 1 is 1.05 bits per heavy atom. The summed E-state index contributed by atoms with van der Waals surface area (Å²) in [5, 5.41) is 0.780. The third-order valence-corrected chi connectivity index (χ3v) is 2.50. The molecule has 0 amide bonds. The van der Waals surface area contributed by atoms with Gasteiger partial charge >= 0.3 is 12.3 Å². The first-order chi connectivity index (χ1) is 8.76. The van der Waals surface area contributed by atoms with E-state index in [0.29, 0.717) is 5.56 Å². The van der Waals surface area contributed by atoms with Gasteiger partial charge in [0.25, 0.3) is 0 Å². The second kappa shape index (κ2) is 6.36. The average molecular weight is 345 g/mol. The molecule has 0 saturated heterocycles. The standard InChI is InChI=1S/C12H10BrF5O/c13-8-2-1-3-9-4-6-10(7-5-9)19-12(17,18)11(14,15)16/h1,3-7H,2,8H2. The number of rotatable bonds is 5. The van der Waals surface area contributed by atoms with Crippen molar-refractivity contribution in [3.8, 4) is 5.75 Å². The van der Waals surface area contributed by atoms with Crippen molar-refractivity contribution in [2.45, 2.75) is 18.7 Å². The summed E-state index contributed by atoms with van der Waals surface area (Å²) in [4.78, 5) is 0. The summed E-state index contributed by atoms with van der Waals surface area (Å²) < 4.78 is 64.6. The van der Waals surface area contributed by atoms with Gasteiger partial charge in [-0.3, -0.25) is 0 Å². The number of alkyl halides is 6. The van der Waals surface area contributed by atoms with Gasteiger partial charge in [-0.15, -0.1) is 0 Å². The van der Waals surface area contributed by atoms with Crippen LogP contribution >= 0.6 is 15.9 Å². The van der Waals surface area contributed by atoms with Gasteiger partial charge in [0.15, 0.2) is 0 Å². The van der Waals surface area contributed by atoms with Gasteiger partial charge in [-0.2, -0.15) is 22.0 Å². The first kappa shape index (κ1) is 15.9. The Bertz CT molecular complexity index is 425. The van der Waals surface area contributed by atoms with Gasteiger partial charge in [-0.25, -0.2) is 0 Å². The molecular formula is C12H10BrF5O. The SMILES string of the molecule is FC(F)(F)C(F)(F)Oc1ccc(C=CCCBr)cc1. The number of halogens is 6. The lowest BCUT2D eigenvalue weighted by Gasteiger charge is -2.20. The molecule has 0 atom stereocenters. The van der Waals surface area contributed by atoms with Gasteiger partial charge in [0.2, 0.25) is 0 Å². The molecule has 0 heterocycles. The third-order valence-electron chi connectivity index (χ3n) is 2.04. The van der Waals surface area contributed by atoms with E-state index in [9.17, 15) is 22.0 Å². The van der Waals surface area contributed by atoms with Crippen LogP contribution < -0.4 is 4.74 Å². The van der Waals surface area contributed by atoms with Crippen molar-refractivity contribution >= 4 is 22.0 Å². The Balaban J connectivity index is 2.72. The first-order valence-corrected chi connectivity index (χ1v) is 6.34. The van der Waals surface area contributed by atoms with Crippen LogP contribution in [0.5, 0.6) is 5.75 Å². The van der Waals surface area contributed by atoms with E-state index >= 15 is 0 Å². The maximum atomic E-state index is 12.6. The highest BCUT2D eigenvalue weighted by molar-refractivity contribution is 9.09. The molecule has 106 valence electrons. The molecule has 7 heteroatoms. The minimum atomic E-state index is -5.73. The summed E-state index contributed by atoms with van der Waals surface area (Å²) in [6.07, 6.45) is -6.58. The van der Waals surface area contributed by atoms with Gasteiger partial charge in [0.05, 0.1) is 0 Å². The lowest BCUT2D eigenvalue weighted by molar-refractivity contribution is -0.360. The van der Waals surface area contributed by atoms with Crippen molar-refractivity contribution in [2.75, 3.05) is 5.33 Å². The fourth-order valence-electron chi connectivity index (χ4n) is 1.14. The van der Waals surface area contributed by atoms with E-state index in [1.165, 1.54) is 12.1 Å². The van der Waals surface area contributed by atoms with Gasteiger partial charge in [-0.1, -0.05) is 40.2 Å². The van der Waals surface area contributed by atoms with Crippen molar-refractivity contribution in [1.29, 1.82) is 0 Å². The van der Waals surface area contributed by atoms with E-state index in [-0.39, 0.29) is 0 Å². The predicted molar refractivity (Wildman–Crippen MR) is 65.5 cm³/mol. The summed E-state index contributed by atoms with van der Waals surface area (Å²) >= 11 is 3.22. The van der Waals surface area contributed by atoms with Gasteiger partial charge < -0.3 is 4.74 Å². The fourth-order valence-corrected chi connectivity index (χ4v) is 1.40. The van der Waals surface area contributed by atoms with Crippen molar-refractivity contribution in [3.05, 3.63) is 35.9 Å². The Morgan fingerprint density at radius 3 is 2.11 bits per heavy atom. The van der Waals surface area contributed by atoms with Crippen LogP contribution in [0.3, 0.4) is 0 Å². The average Bonchev–Trinajstić information content (AvgIpc) is 2.30. The van der Waals surface area contributed by atoms with Crippen LogP contribution in [0.25, 0.3) is 6.08 Å². The summed E-state index contributed by atoms with van der Waals surface area (Å²) in [7, 11) is 0. The highest BCUT2D eigenvalue weighted by atomic mass is 79.9. The second-order valence-electron chi connectivity index (χ2n) is 3.57. The van der Waals surface area contributed by atoms with Crippen LogP contribution in [0.15, 0.2) is 30.3 Å². The third kappa shape index (κ3) is 4.81. The molecule has 0 spiro atoms. The molecule has 19 heavy (non-hydrogen) atoms. The monoisotopic (exact) mass is 344 g/mol. The van der Waals surface area contributed by atoms with Crippen molar-refractivity contribution < 1.29 is 26.7 Å². The zero-order valence-electron chi connectivity index (χ0n) is 9.55. The van der Waals surface area contributed by atoms with Crippen LogP contribution in [0, 0.1) is 0 Å². The largest absolute Gasteiger partial charge is 0.499 e. The van der Waals surface area contributed by atoms with E-state index in [4.69, 9.17) is 0 Å². The normalized spacial score (nSPS) is 12.9. The Kier molecular flexibility index (Phi) is 5.34. The molecule has 0 aliphatic carbocycles. The minimum Gasteiger partial charge on any atom is -0.426 e. The number of ether oxygens (including phenoxy) is 1. The van der Waals surface area contributed by atoms with Gasteiger partial charge in [0, 0.05) is 5.33 Å².